The maximum atomic E-state index is 14.1. The van der Waals surface area contributed by atoms with Crippen LogP contribution in [0.3, 0.4) is 0 Å². The predicted molar refractivity (Wildman–Crippen MR) is 149 cm³/mol. The van der Waals surface area contributed by atoms with Gasteiger partial charge < -0.3 is 29.2 Å². The molecular formula is C31H25ClN2O6. The Balaban J connectivity index is 1.39. The molecule has 202 valence electrons. The van der Waals surface area contributed by atoms with E-state index in [4.69, 9.17) is 30.5 Å². The molecule has 8 nitrogen and oxygen atoms in total. The number of nitrogens with zero attached hydrogens (tertiary/aromatic N) is 1. The van der Waals surface area contributed by atoms with Crippen LogP contribution in [0, 0.1) is 0 Å². The van der Waals surface area contributed by atoms with Gasteiger partial charge in [0, 0.05) is 23.3 Å². The van der Waals surface area contributed by atoms with Gasteiger partial charge in [0.05, 0.1) is 6.42 Å². The van der Waals surface area contributed by atoms with E-state index in [-0.39, 0.29) is 32.5 Å². The quantitative estimate of drug-likeness (QED) is 0.297. The van der Waals surface area contributed by atoms with Crippen molar-refractivity contribution in [1.82, 2.24) is 4.90 Å². The number of benzene rings is 4. The summed E-state index contributed by atoms with van der Waals surface area (Å²) in [5, 5.41) is 3.55. The zero-order valence-corrected chi connectivity index (χ0v) is 22.1. The summed E-state index contributed by atoms with van der Waals surface area (Å²) < 4.78 is 22.0. The van der Waals surface area contributed by atoms with Crippen molar-refractivity contribution in [1.29, 1.82) is 0 Å². The molecule has 0 radical (unpaired) electrons. The Hall–Kier alpha value is -4.69. The number of anilines is 1. The molecule has 0 saturated carbocycles. The van der Waals surface area contributed by atoms with E-state index in [1.54, 1.807) is 53.4 Å². The van der Waals surface area contributed by atoms with Crippen molar-refractivity contribution in [3.05, 3.63) is 113 Å². The number of hydrogen-bond donors (Lipinski definition) is 1. The minimum atomic E-state index is -0.994. The third-order valence-electron chi connectivity index (χ3n) is 6.70. The highest BCUT2D eigenvalue weighted by molar-refractivity contribution is 6.30. The molecule has 2 aliphatic heterocycles. The van der Waals surface area contributed by atoms with E-state index in [2.05, 4.69) is 5.32 Å². The van der Waals surface area contributed by atoms with Crippen LogP contribution in [-0.2, 0) is 22.6 Å². The van der Waals surface area contributed by atoms with Crippen molar-refractivity contribution < 1.29 is 28.5 Å². The maximum absolute atomic E-state index is 14.1. The van der Waals surface area contributed by atoms with Crippen molar-refractivity contribution in [3.63, 3.8) is 0 Å². The van der Waals surface area contributed by atoms with Crippen molar-refractivity contribution in [2.75, 3.05) is 18.9 Å². The number of fused-ring (bicyclic) bond motifs is 2. The molecule has 0 bridgehead atoms. The molecule has 9 heteroatoms. The molecule has 2 aliphatic rings. The molecule has 0 aliphatic carbocycles. The molecule has 2 amide bonds. The average molecular weight is 557 g/mol. The third kappa shape index (κ3) is 5.53. The van der Waals surface area contributed by atoms with E-state index >= 15 is 0 Å². The van der Waals surface area contributed by atoms with Gasteiger partial charge in [-0.15, -0.1) is 0 Å². The number of hydrogen-bond acceptors (Lipinski definition) is 6. The van der Waals surface area contributed by atoms with Crippen molar-refractivity contribution in [3.8, 4) is 23.0 Å². The fourth-order valence-electron chi connectivity index (χ4n) is 4.72. The second-order valence-electron chi connectivity index (χ2n) is 9.38. The van der Waals surface area contributed by atoms with E-state index < -0.39 is 11.9 Å². The largest absolute Gasteiger partial charge is 0.454 e. The number of ether oxygens (including phenoxy) is 4. The van der Waals surface area contributed by atoms with Gasteiger partial charge in [0.15, 0.2) is 23.0 Å². The molecule has 2 heterocycles. The van der Waals surface area contributed by atoms with Crippen LogP contribution in [0.15, 0.2) is 91.0 Å². The molecule has 6 rings (SSSR count). The van der Waals surface area contributed by atoms with Crippen LogP contribution in [-0.4, -0.2) is 30.3 Å². The number of amides is 2. The molecule has 1 unspecified atom stereocenters. The Morgan fingerprint density at radius 1 is 0.750 bits per heavy atom. The highest BCUT2D eigenvalue weighted by Crippen LogP contribution is 2.38. The third-order valence-corrected chi connectivity index (χ3v) is 6.95. The lowest BCUT2D eigenvalue weighted by Gasteiger charge is -2.32. The van der Waals surface area contributed by atoms with Gasteiger partial charge in [-0.1, -0.05) is 60.1 Å². The summed E-state index contributed by atoms with van der Waals surface area (Å²) in [7, 11) is 0. The van der Waals surface area contributed by atoms with Crippen molar-refractivity contribution in [2.45, 2.75) is 19.0 Å². The van der Waals surface area contributed by atoms with Crippen LogP contribution in [0.4, 0.5) is 5.69 Å². The summed E-state index contributed by atoms with van der Waals surface area (Å²) in [6, 6.07) is 26.1. The van der Waals surface area contributed by atoms with Crippen LogP contribution in [0.25, 0.3) is 0 Å². The normalized spacial score (nSPS) is 13.5. The summed E-state index contributed by atoms with van der Waals surface area (Å²) in [5.74, 6) is 1.62. The smallest absolute Gasteiger partial charge is 0.251 e. The Morgan fingerprint density at radius 3 is 2.12 bits per heavy atom. The fraction of sp³-hybridized carbons (Fsp3) is 0.161. The standard InChI is InChI=1S/C31H25ClN2O6/c32-23-9-6-21(7-10-23)17-34(29(35)14-20-4-2-1-3-5-20)30(22-8-12-25-27(15-22)39-18-37-25)31(36)33-24-11-13-26-28(16-24)40-19-38-26/h1-13,15-16,30H,14,17-19H2,(H,33,36). The minimum Gasteiger partial charge on any atom is -0.454 e. The first-order valence-corrected chi connectivity index (χ1v) is 13.1. The number of rotatable bonds is 8. The Bertz CT molecular complexity index is 1540. The zero-order chi connectivity index (χ0) is 27.5. The number of carbonyl (C=O) groups is 2. The van der Waals surface area contributed by atoms with Gasteiger partial charge >= 0.3 is 0 Å². The summed E-state index contributed by atoms with van der Waals surface area (Å²) >= 11 is 6.12. The van der Waals surface area contributed by atoms with E-state index in [1.165, 1.54) is 0 Å². The maximum Gasteiger partial charge on any atom is 0.251 e. The molecule has 0 aromatic heterocycles. The van der Waals surface area contributed by atoms with Crippen LogP contribution in [0.1, 0.15) is 22.7 Å². The lowest BCUT2D eigenvalue weighted by Crippen LogP contribution is -2.41. The van der Waals surface area contributed by atoms with Crippen LogP contribution in [0.5, 0.6) is 23.0 Å². The number of nitrogens with one attached hydrogen (secondary N) is 1. The molecule has 1 N–H and O–H groups in total. The predicted octanol–water partition coefficient (Wildman–Crippen LogP) is 5.75. The van der Waals surface area contributed by atoms with Crippen LogP contribution >= 0.6 is 11.6 Å². The zero-order valence-electron chi connectivity index (χ0n) is 21.3. The second kappa shape index (κ2) is 11.2. The van der Waals surface area contributed by atoms with E-state index in [9.17, 15) is 9.59 Å². The molecular weight excluding hydrogens is 532 g/mol. The first-order chi connectivity index (χ1) is 19.5. The second-order valence-corrected chi connectivity index (χ2v) is 9.82. The number of carbonyl (C=O) groups excluding carboxylic acids is 2. The van der Waals surface area contributed by atoms with E-state index in [1.807, 2.05) is 42.5 Å². The van der Waals surface area contributed by atoms with Crippen LogP contribution in [0.2, 0.25) is 5.02 Å². The number of halogens is 1. The average Bonchev–Trinajstić information content (AvgIpc) is 3.63. The lowest BCUT2D eigenvalue weighted by atomic mass is 10.0. The summed E-state index contributed by atoms with van der Waals surface area (Å²) in [6.07, 6.45) is 0.118. The summed E-state index contributed by atoms with van der Waals surface area (Å²) in [4.78, 5) is 29.6. The van der Waals surface area contributed by atoms with Gasteiger partial charge in [0.1, 0.15) is 6.04 Å². The van der Waals surface area contributed by atoms with E-state index in [0.717, 1.165) is 11.1 Å². The molecule has 0 spiro atoms. The molecule has 0 saturated heterocycles. The lowest BCUT2D eigenvalue weighted by molar-refractivity contribution is -0.139. The molecule has 4 aromatic rings. The van der Waals surface area contributed by atoms with Gasteiger partial charge in [-0.2, -0.15) is 0 Å². The summed E-state index contributed by atoms with van der Waals surface area (Å²) in [6.45, 7) is 0.389. The Morgan fingerprint density at radius 2 is 1.40 bits per heavy atom. The van der Waals surface area contributed by atoms with Crippen molar-refractivity contribution >= 4 is 29.1 Å². The van der Waals surface area contributed by atoms with Crippen LogP contribution < -0.4 is 24.3 Å². The Kier molecular flexibility index (Phi) is 7.16. The first-order valence-electron chi connectivity index (χ1n) is 12.7. The van der Waals surface area contributed by atoms with Gasteiger partial charge in [-0.05, 0) is 53.1 Å². The molecule has 1 atom stereocenters. The Labute approximate surface area is 236 Å². The summed E-state index contributed by atoms with van der Waals surface area (Å²) in [5.41, 5.74) is 2.77. The highest BCUT2D eigenvalue weighted by Gasteiger charge is 2.33. The van der Waals surface area contributed by atoms with Crippen molar-refractivity contribution in [2.24, 2.45) is 0 Å². The molecule has 4 aromatic carbocycles. The van der Waals surface area contributed by atoms with Gasteiger partial charge in [-0.25, -0.2) is 0 Å². The van der Waals surface area contributed by atoms with Gasteiger partial charge in [0.25, 0.3) is 5.91 Å². The van der Waals surface area contributed by atoms with E-state index in [0.29, 0.717) is 39.3 Å². The highest BCUT2D eigenvalue weighted by atomic mass is 35.5. The molecule has 40 heavy (non-hydrogen) atoms. The first kappa shape index (κ1) is 25.6. The minimum absolute atomic E-state index is 0.0915. The fourth-order valence-corrected chi connectivity index (χ4v) is 4.85. The molecule has 0 fully saturated rings. The SMILES string of the molecule is O=C(Nc1ccc2c(c1)OCO2)C(c1ccc2c(c1)OCO2)N(Cc1ccc(Cl)cc1)C(=O)Cc1ccccc1. The van der Waals surface area contributed by atoms with Gasteiger partial charge in [0.2, 0.25) is 19.5 Å². The van der Waals surface area contributed by atoms with Gasteiger partial charge in [-0.3, -0.25) is 9.59 Å². The monoisotopic (exact) mass is 556 g/mol. The topological polar surface area (TPSA) is 86.3 Å².